The molecule has 3 aliphatic heterocycles. The van der Waals surface area contributed by atoms with Crippen molar-refractivity contribution in [3.05, 3.63) is 17.0 Å². The maximum absolute atomic E-state index is 13.3. The number of likely N-dealkylation sites (tertiary alicyclic amines) is 1. The number of Topliss-reactive ketones (excluding diaryl/α,β-unsaturated/α-hetero) is 1. The molecule has 2 aliphatic carbocycles. The van der Waals surface area contributed by atoms with E-state index >= 15 is 0 Å². The highest BCUT2D eigenvalue weighted by Crippen LogP contribution is 2.48. The molecule has 230 valence electrons. The minimum atomic E-state index is -0.843. The van der Waals surface area contributed by atoms with E-state index in [9.17, 15) is 9.90 Å². The molecule has 5 aliphatic rings. The number of rotatable bonds is 3. The minimum Gasteiger partial charge on any atom is -0.388 e. The fraction of sp³-hybridized carbons (Fsp3) is 0.719. The normalized spacial score (nSPS) is 32.1. The first kappa shape index (κ1) is 27.6. The van der Waals surface area contributed by atoms with E-state index in [2.05, 4.69) is 33.6 Å². The lowest BCUT2D eigenvalue weighted by Crippen LogP contribution is -2.53. The minimum absolute atomic E-state index is 0.0923. The highest BCUT2D eigenvalue weighted by molar-refractivity contribution is 5.93. The van der Waals surface area contributed by atoms with Crippen molar-refractivity contribution in [1.29, 1.82) is 0 Å². The van der Waals surface area contributed by atoms with Crippen LogP contribution in [0.1, 0.15) is 101 Å². The lowest BCUT2D eigenvalue weighted by molar-refractivity contribution is -0.128. The molecule has 0 radical (unpaired) electrons. The van der Waals surface area contributed by atoms with Crippen LogP contribution in [0.15, 0.2) is 4.52 Å². The predicted octanol–water partition coefficient (Wildman–Crippen LogP) is 4.10. The summed E-state index contributed by atoms with van der Waals surface area (Å²) in [6.45, 7) is 6.61. The first-order valence-electron chi connectivity index (χ1n) is 16.3. The molecule has 5 atom stereocenters. The number of aromatic nitrogens is 5. The van der Waals surface area contributed by atoms with Crippen LogP contribution in [-0.4, -0.2) is 85.1 Å². The van der Waals surface area contributed by atoms with Crippen LogP contribution in [0, 0.1) is 0 Å². The zero-order valence-electron chi connectivity index (χ0n) is 25.6. The van der Waals surface area contributed by atoms with Gasteiger partial charge in [0.15, 0.2) is 22.9 Å². The lowest BCUT2D eigenvalue weighted by atomic mass is 9.64. The fourth-order valence-corrected chi connectivity index (χ4v) is 8.79. The summed E-state index contributed by atoms with van der Waals surface area (Å²) in [5.74, 6) is 2.33. The third-order valence-corrected chi connectivity index (χ3v) is 11.2. The number of nitrogens with zero attached hydrogens (tertiary/aromatic N) is 7. The Balaban J connectivity index is 1.33. The second kappa shape index (κ2) is 10.1. The van der Waals surface area contributed by atoms with Gasteiger partial charge in [0.05, 0.1) is 41.7 Å². The van der Waals surface area contributed by atoms with Gasteiger partial charge in [0.2, 0.25) is 0 Å². The largest absolute Gasteiger partial charge is 0.388 e. The molecular formula is C32H43N7O4. The molecule has 43 heavy (non-hydrogen) atoms. The Hall–Kier alpha value is -2.89. The van der Waals surface area contributed by atoms with Crippen molar-refractivity contribution in [2.75, 3.05) is 31.6 Å². The Morgan fingerprint density at radius 1 is 1.07 bits per heavy atom. The van der Waals surface area contributed by atoms with Gasteiger partial charge in [-0.3, -0.25) is 4.79 Å². The molecule has 8 rings (SSSR count). The molecule has 0 bridgehead atoms. The molecule has 6 heterocycles. The number of likely N-dealkylation sites (N-methyl/N-ethyl adjacent to an activating group) is 1. The zero-order chi connectivity index (χ0) is 29.5. The van der Waals surface area contributed by atoms with Crippen LogP contribution in [0.2, 0.25) is 0 Å². The number of fused-ring (bicyclic) bond motifs is 4. The van der Waals surface area contributed by atoms with Gasteiger partial charge in [-0.2, -0.15) is 5.10 Å². The number of carbonyl (C=O) groups excluding carboxylic acids is 1. The number of piperidine rings is 1. The standard InChI is InChI=1S/C32H43N7O4/c1-19(23-9-7-15-37(23)3)39-30-25-22(35-39)17-42-16-20-11-14-31(2,41)18-38(20)29(25)33-28(34-30)26-21-8-6-13-32(27(21)43-36-26)12-5-4-10-24(32)40/h19-20,23,41H,4-18H2,1-3H3/t19-,20+,23-,31+,32+/m0/s1. The molecule has 11 heteroatoms. The molecule has 1 saturated carbocycles. The molecule has 0 unspecified atom stereocenters. The molecule has 3 aromatic heterocycles. The summed E-state index contributed by atoms with van der Waals surface area (Å²) in [7, 11) is 2.19. The van der Waals surface area contributed by atoms with Crippen molar-refractivity contribution < 1.29 is 19.2 Å². The van der Waals surface area contributed by atoms with Crippen LogP contribution in [0.4, 0.5) is 5.82 Å². The van der Waals surface area contributed by atoms with Gasteiger partial charge in [0.25, 0.3) is 0 Å². The van der Waals surface area contributed by atoms with Crippen molar-refractivity contribution in [3.63, 3.8) is 0 Å². The summed E-state index contributed by atoms with van der Waals surface area (Å²) in [6, 6.07) is 0.537. The Morgan fingerprint density at radius 2 is 1.93 bits per heavy atom. The van der Waals surface area contributed by atoms with E-state index in [1.165, 1.54) is 6.42 Å². The molecule has 3 fully saturated rings. The summed E-state index contributed by atoms with van der Waals surface area (Å²) in [4.78, 5) is 28.5. The number of hydrogen-bond donors (Lipinski definition) is 1. The third-order valence-electron chi connectivity index (χ3n) is 11.2. The zero-order valence-corrected chi connectivity index (χ0v) is 25.6. The van der Waals surface area contributed by atoms with Gasteiger partial charge >= 0.3 is 0 Å². The summed E-state index contributed by atoms with van der Waals surface area (Å²) >= 11 is 0. The number of ether oxygens (including phenoxy) is 1. The van der Waals surface area contributed by atoms with E-state index in [0.29, 0.717) is 50.2 Å². The summed E-state index contributed by atoms with van der Waals surface area (Å²) in [5.41, 5.74) is 1.83. The topological polar surface area (TPSA) is 123 Å². The van der Waals surface area contributed by atoms with Crippen LogP contribution in [0.25, 0.3) is 22.6 Å². The molecule has 0 amide bonds. The molecule has 0 aromatic carbocycles. The molecule has 3 aromatic rings. The van der Waals surface area contributed by atoms with Crippen molar-refractivity contribution in [3.8, 4) is 11.5 Å². The Morgan fingerprint density at radius 3 is 2.74 bits per heavy atom. The van der Waals surface area contributed by atoms with Crippen LogP contribution in [-0.2, 0) is 28.0 Å². The van der Waals surface area contributed by atoms with Gasteiger partial charge in [0, 0.05) is 24.6 Å². The second-order valence-corrected chi connectivity index (χ2v) is 14.1. The highest BCUT2D eigenvalue weighted by Gasteiger charge is 2.49. The van der Waals surface area contributed by atoms with Crippen molar-refractivity contribution in [2.24, 2.45) is 0 Å². The molecule has 1 spiro atoms. The van der Waals surface area contributed by atoms with E-state index in [4.69, 9.17) is 24.3 Å². The Labute approximate surface area is 252 Å². The smallest absolute Gasteiger partial charge is 0.186 e. The average molecular weight is 590 g/mol. The first-order chi connectivity index (χ1) is 20.8. The van der Waals surface area contributed by atoms with Gasteiger partial charge in [-0.15, -0.1) is 0 Å². The van der Waals surface area contributed by atoms with Gasteiger partial charge in [-0.05, 0) is 85.2 Å². The van der Waals surface area contributed by atoms with Crippen molar-refractivity contribution in [1.82, 2.24) is 29.8 Å². The number of anilines is 1. The van der Waals surface area contributed by atoms with Crippen LogP contribution < -0.4 is 4.90 Å². The van der Waals surface area contributed by atoms with E-state index in [-0.39, 0.29) is 17.9 Å². The lowest BCUT2D eigenvalue weighted by Gasteiger charge is -2.44. The maximum Gasteiger partial charge on any atom is 0.186 e. The number of hydrogen-bond acceptors (Lipinski definition) is 10. The number of carbonyl (C=O) groups is 1. The van der Waals surface area contributed by atoms with Gasteiger partial charge in [-0.25, -0.2) is 14.6 Å². The van der Waals surface area contributed by atoms with Crippen LogP contribution in [0.5, 0.6) is 0 Å². The quantitative estimate of drug-likeness (QED) is 0.478. The average Bonchev–Trinajstić information content (AvgIpc) is 3.71. The predicted molar refractivity (Wildman–Crippen MR) is 160 cm³/mol. The van der Waals surface area contributed by atoms with Gasteiger partial charge in [0.1, 0.15) is 17.3 Å². The van der Waals surface area contributed by atoms with E-state index in [0.717, 1.165) is 91.8 Å². The van der Waals surface area contributed by atoms with E-state index in [1.807, 2.05) is 6.92 Å². The number of aliphatic hydroxyl groups is 1. The molecule has 2 saturated heterocycles. The van der Waals surface area contributed by atoms with Crippen molar-refractivity contribution >= 4 is 22.6 Å². The maximum atomic E-state index is 13.3. The number of ketones is 1. The third kappa shape index (κ3) is 4.29. The van der Waals surface area contributed by atoms with E-state index < -0.39 is 11.0 Å². The highest BCUT2D eigenvalue weighted by atomic mass is 16.5. The summed E-state index contributed by atoms with van der Waals surface area (Å²) in [6.07, 6.45) is 9.75. The fourth-order valence-electron chi connectivity index (χ4n) is 8.79. The molecule has 11 nitrogen and oxygen atoms in total. The van der Waals surface area contributed by atoms with E-state index in [1.54, 1.807) is 0 Å². The van der Waals surface area contributed by atoms with Gasteiger partial charge in [-0.1, -0.05) is 11.6 Å². The van der Waals surface area contributed by atoms with Gasteiger partial charge < -0.3 is 24.2 Å². The Kier molecular flexibility index (Phi) is 6.47. The first-order valence-corrected chi connectivity index (χ1v) is 16.3. The van der Waals surface area contributed by atoms with Crippen molar-refractivity contribution in [2.45, 2.75) is 120 Å². The summed E-state index contributed by atoms with van der Waals surface area (Å²) in [5, 5.41) is 21.9. The summed E-state index contributed by atoms with van der Waals surface area (Å²) < 4.78 is 14.4. The Bertz CT molecular complexity index is 1580. The van der Waals surface area contributed by atoms with Crippen LogP contribution in [0.3, 0.4) is 0 Å². The SMILES string of the molecule is C[C@@H]([C@@H]1CCCN1C)n1nc2c3c(nc(-c4noc5c4CCC[C@@]54CCCCC4=O)nc31)N1C[C@](C)(O)CC[C@@H]1COC2. The second-order valence-electron chi connectivity index (χ2n) is 14.1. The molecular weight excluding hydrogens is 546 g/mol. The molecule has 1 N–H and O–H groups in total. The van der Waals surface area contributed by atoms with Crippen LogP contribution >= 0.6 is 0 Å². The monoisotopic (exact) mass is 589 g/mol.